The van der Waals surface area contributed by atoms with Gasteiger partial charge in [0.2, 0.25) is 11.8 Å². The van der Waals surface area contributed by atoms with E-state index in [1.54, 1.807) is 29.6 Å². The smallest absolute Gasteiger partial charge is 0.356 e. The third-order valence-corrected chi connectivity index (χ3v) is 10.0. The van der Waals surface area contributed by atoms with Gasteiger partial charge in [0.25, 0.3) is 6.71 Å². The minimum absolute atomic E-state index is 0.0239. The fourth-order valence-electron chi connectivity index (χ4n) is 7.19. The van der Waals surface area contributed by atoms with Gasteiger partial charge in [0.1, 0.15) is 5.69 Å². The summed E-state index contributed by atoms with van der Waals surface area (Å²) in [6.45, 7) is 2.63. The van der Waals surface area contributed by atoms with Crippen LogP contribution in [0.4, 0.5) is 5.69 Å². The highest BCUT2D eigenvalue weighted by Crippen LogP contribution is 2.58. The summed E-state index contributed by atoms with van der Waals surface area (Å²) in [6.07, 6.45) is 9.38. The fourth-order valence-corrected chi connectivity index (χ4v) is 7.19. The molecular formula is C34H31BN6O4. The summed E-state index contributed by atoms with van der Waals surface area (Å²) in [6, 6.07) is 13.3. The molecule has 2 amide bonds. The number of carbonyl (C=O) groups excluding carboxylic acids is 3. The molecule has 0 N–H and O–H groups in total. The summed E-state index contributed by atoms with van der Waals surface area (Å²) in [5.41, 5.74) is 3.39. The quantitative estimate of drug-likeness (QED) is 0.233. The molecule has 1 saturated heterocycles. The van der Waals surface area contributed by atoms with Crippen LogP contribution in [0.3, 0.4) is 0 Å². The minimum atomic E-state index is -0.770. The largest absolute Gasteiger partial charge is 0.464 e. The van der Waals surface area contributed by atoms with Gasteiger partial charge in [0.05, 0.1) is 36.6 Å². The number of methoxy groups -OCH3 is 1. The maximum atomic E-state index is 14.5. The molecule has 2 aliphatic heterocycles. The Balaban J connectivity index is 1.22. The lowest BCUT2D eigenvalue weighted by molar-refractivity contribution is -0.136. The molecule has 10 nitrogen and oxygen atoms in total. The van der Waals surface area contributed by atoms with Gasteiger partial charge in [-0.2, -0.15) is 0 Å². The van der Waals surface area contributed by atoms with Crippen LogP contribution in [0.25, 0.3) is 21.9 Å². The van der Waals surface area contributed by atoms with Gasteiger partial charge in [-0.3, -0.25) is 19.6 Å². The number of amides is 2. The molecular weight excluding hydrogens is 567 g/mol. The first-order valence-corrected chi connectivity index (χ1v) is 15.2. The van der Waals surface area contributed by atoms with E-state index in [0.29, 0.717) is 31.6 Å². The second-order valence-electron chi connectivity index (χ2n) is 12.3. The van der Waals surface area contributed by atoms with Crippen molar-refractivity contribution in [1.29, 1.82) is 5.26 Å². The van der Waals surface area contributed by atoms with E-state index in [1.165, 1.54) is 7.11 Å². The molecule has 0 atom stereocenters. The van der Waals surface area contributed by atoms with Gasteiger partial charge in [-0.1, -0.05) is 37.2 Å². The van der Waals surface area contributed by atoms with E-state index in [0.717, 1.165) is 46.0 Å². The summed E-state index contributed by atoms with van der Waals surface area (Å²) < 4.78 is 4.82. The van der Waals surface area contributed by atoms with Crippen molar-refractivity contribution in [2.75, 3.05) is 25.1 Å². The van der Waals surface area contributed by atoms with E-state index in [2.05, 4.69) is 15.9 Å². The first-order chi connectivity index (χ1) is 21.8. The van der Waals surface area contributed by atoms with Crippen LogP contribution in [0.1, 0.15) is 47.4 Å². The lowest BCUT2D eigenvalue weighted by Crippen LogP contribution is -2.51. The Labute approximate surface area is 261 Å². The number of hydrogen-bond donors (Lipinski definition) is 0. The van der Waals surface area contributed by atoms with Gasteiger partial charge in [0, 0.05) is 59.5 Å². The van der Waals surface area contributed by atoms with Crippen molar-refractivity contribution in [2.24, 2.45) is 0 Å². The van der Waals surface area contributed by atoms with Crippen molar-refractivity contribution in [3.05, 3.63) is 84.2 Å². The monoisotopic (exact) mass is 598 g/mol. The minimum Gasteiger partial charge on any atom is -0.464 e. The van der Waals surface area contributed by atoms with E-state index in [1.807, 2.05) is 54.3 Å². The molecule has 2 fully saturated rings. The molecule has 1 saturated carbocycles. The predicted octanol–water partition coefficient (Wildman–Crippen LogP) is 4.61. The number of carbonyl (C=O) groups is 3. The average molecular weight is 598 g/mol. The Kier molecular flexibility index (Phi) is 6.88. The number of benzene rings is 1. The molecule has 0 radical (unpaired) electrons. The van der Waals surface area contributed by atoms with Crippen LogP contribution in [0.15, 0.2) is 67.3 Å². The standard InChI is InChI=1S/C34H31BN6O4/c1-35(21-36)34(10-11-34)32(44)40-15-12-33(13-16-40)25-9-14-37-19-28(25)41(31(33)43)20-27-29(24-6-4-3-5-22(24)17-39-27)23-7-8-26(38-18-23)30(42)45-2/h3-9,14,17-19H,10-13,15-16,20H2,1-2H3. The maximum Gasteiger partial charge on any atom is 0.356 e. The predicted molar refractivity (Wildman–Crippen MR) is 168 cm³/mol. The van der Waals surface area contributed by atoms with Crippen LogP contribution in [-0.2, 0) is 26.3 Å². The Morgan fingerprint density at radius 2 is 1.80 bits per heavy atom. The van der Waals surface area contributed by atoms with Gasteiger partial charge >= 0.3 is 5.97 Å². The van der Waals surface area contributed by atoms with Crippen molar-refractivity contribution < 1.29 is 19.1 Å². The average Bonchev–Trinajstić information content (AvgIpc) is 3.88. The van der Waals surface area contributed by atoms with Crippen LogP contribution in [-0.4, -0.2) is 64.5 Å². The number of esters is 1. The first kappa shape index (κ1) is 28.7. The second kappa shape index (κ2) is 10.8. The first-order valence-electron chi connectivity index (χ1n) is 15.2. The molecule has 4 aromatic rings. The zero-order valence-corrected chi connectivity index (χ0v) is 25.2. The van der Waals surface area contributed by atoms with Crippen LogP contribution in [0.5, 0.6) is 0 Å². The molecule has 1 aromatic carbocycles. The van der Waals surface area contributed by atoms with Crippen LogP contribution >= 0.6 is 0 Å². The highest BCUT2D eigenvalue weighted by Gasteiger charge is 2.59. The molecule has 5 heterocycles. The Bertz CT molecular complexity index is 1890. The van der Waals surface area contributed by atoms with Gasteiger partial charge in [0.15, 0.2) is 0 Å². The third-order valence-electron chi connectivity index (χ3n) is 10.0. The van der Waals surface area contributed by atoms with Crippen molar-refractivity contribution in [2.45, 2.75) is 49.8 Å². The number of hydrogen-bond acceptors (Lipinski definition) is 8. The van der Waals surface area contributed by atoms with Crippen molar-refractivity contribution >= 4 is 41.0 Å². The van der Waals surface area contributed by atoms with E-state index in [-0.39, 0.29) is 30.8 Å². The zero-order chi connectivity index (χ0) is 31.3. The Hall–Kier alpha value is -5.11. The van der Waals surface area contributed by atoms with Gasteiger partial charge in [-0.25, -0.2) is 15.0 Å². The SMILES string of the molecule is COC(=O)c1ccc(-c2c(CN3C(=O)C4(CCN(C(=O)C5(B(C)C#N)CC5)CC4)c4ccncc43)ncc3ccccc23)cn1. The highest BCUT2D eigenvalue weighted by molar-refractivity contribution is 6.73. The topological polar surface area (TPSA) is 129 Å². The molecule has 0 unspecified atom stereocenters. The number of ether oxygens (including phenoxy) is 1. The summed E-state index contributed by atoms with van der Waals surface area (Å²) in [4.78, 5) is 57.2. The van der Waals surface area contributed by atoms with Crippen molar-refractivity contribution in [1.82, 2.24) is 19.9 Å². The summed E-state index contributed by atoms with van der Waals surface area (Å²) in [7, 11) is 1.32. The summed E-state index contributed by atoms with van der Waals surface area (Å²) in [5, 5.41) is 10.8. The number of aromatic nitrogens is 3. The van der Waals surface area contributed by atoms with Crippen molar-refractivity contribution in [3.8, 4) is 17.1 Å². The molecule has 3 aromatic heterocycles. The molecule has 224 valence electrons. The normalized spacial score (nSPS) is 17.6. The van der Waals surface area contributed by atoms with Gasteiger partial charge < -0.3 is 14.5 Å². The second-order valence-corrected chi connectivity index (χ2v) is 12.3. The number of fused-ring (bicyclic) bond motifs is 3. The molecule has 11 heteroatoms. The maximum absolute atomic E-state index is 14.5. The number of likely N-dealkylation sites (tertiary alicyclic amines) is 1. The number of anilines is 1. The fraction of sp³-hybridized carbons (Fsp3) is 0.324. The number of nitrogens with zero attached hydrogens (tertiary/aromatic N) is 6. The highest BCUT2D eigenvalue weighted by atomic mass is 16.5. The Morgan fingerprint density at radius 1 is 1.02 bits per heavy atom. The van der Waals surface area contributed by atoms with E-state index in [4.69, 9.17) is 9.72 Å². The zero-order valence-electron chi connectivity index (χ0n) is 25.2. The van der Waals surface area contributed by atoms with Gasteiger partial charge in [-0.15, -0.1) is 0 Å². The van der Waals surface area contributed by atoms with E-state index >= 15 is 0 Å². The van der Waals surface area contributed by atoms with Crippen LogP contribution in [0.2, 0.25) is 12.1 Å². The summed E-state index contributed by atoms with van der Waals surface area (Å²) >= 11 is 0. The lowest BCUT2D eigenvalue weighted by atomic mass is 9.41. The lowest BCUT2D eigenvalue weighted by Gasteiger charge is -2.40. The van der Waals surface area contributed by atoms with Crippen molar-refractivity contribution in [3.63, 3.8) is 0 Å². The molecule has 1 spiro atoms. The Morgan fingerprint density at radius 3 is 2.49 bits per heavy atom. The molecule has 7 rings (SSSR count). The number of rotatable bonds is 6. The third kappa shape index (κ3) is 4.46. The molecule has 3 aliphatic rings. The summed E-state index contributed by atoms with van der Waals surface area (Å²) in [5.74, 6) is 1.78. The molecule has 1 aliphatic carbocycles. The van der Waals surface area contributed by atoms with Crippen LogP contribution < -0.4 is 4.90 Å². The molecule has 45 heavy (non-hydrogen) atoms. The van der Waals surface area contributed by atoms with Gasteiger partial charge in [-0.05, 0) is 48.8 Å². The van der Waals surface area contributed by atoms with E-state index < -0.39 is 16.7 Å². The number of piperidine rings is 1. The molecule has 0 bridgehead atoms. The number of nitriles is 1. The van der Waals surface area contributed by atoms with E-state index in [9.17, 15) is 19.6 Å². The van der Waals surface area contributed by atoms with Crippen LogP contribution in [0, 0.1) is 11.2 Å². The number of pyridine rings is 3.